The van der Waals surface area contributed by atoms with Gasteiger partial charge in [-0.05, 0) is 41.5 Å². The molecule has 1 aliphatic rings. The van der Waals surface area contributed by atoms with Crippen LogP contribution in [0.25, 0.3) is 0 Å². The van der Waals surface area contributed by atoms with Crippen LogP contribution in [-0.2, 0) is 19.4 Å². The number of guanidine groups is 1. The molecule has 0 saturated heterocycles. The van der Waals surface area contributed by atoms with Crippen molar-refractivity contribution in [1.82, 2.24) is 10.6 Å². The number of carbonyl (C=O) groups excluding carboxylic acids is 1. The predicted molar refractivity (Wildman–Crippen MR) is 109 cm³/mol. The third kappa shape index (κ3) is 4.94. The van der Waals surface area contributed by atoms with E-state index in [2.05, 4.69) is 27.1 Å². The van der Waals surface area contributed by atoms with Crippen LogP contribution in [-0.4, -0.2) is 25.0 Å². The van der Waals surface area contributed by atoms with E-state index >= 15 is 0 Å². The number of aliphatic imine (C=N–C) groups is 1. The molecule has 0 fully saturated rings. The Hall–Kier alpha value is -1.61. The molecule has 2 aromatic rings. The molecular weight excluding hydrogens is 435 g/mol. The second kappa shape index (κ2) is 9.03. The third-order valence-corrected chi connectivity index (χ3v) is 4.72. The number of halogens is 1. The van der Waals surface area contributed by atoms with Gasteiger partial charge in [-0.1, -0.05) is 18.2 Å². The zero-order valence-electron chi connectivity index (χ0n) is 13.2. The van der Waals surface area contributed by atoms with Gasteiger partial charge in [0.05, 0.1) is 6.54 Å². The largest absolute Gasteiger partial charge is 0.370 e. The highest BCUT2D eigenvalue weighted by Gasteiger charge is 2.16. The smallest absolute Gasteiger partial charge is 0.251 e. The van der Waals surface area contributed by atoms with Crippen LogP contribution in [0.4, 0.5) is 0 Å². The SMILES string of the molecule is I.NC(=NCc1ccc2c(c1)C(=O)NCC2)NCCc1cccs1. The van der Waals surface area contributed by atoms with Crippen LogP contribution in [0.5, 0.6) is 0 Å². The molecule has 1 aliphatic heterocycles. The van der Waals surface area contributed by atoms with Gasteiger partial charge in [0.2, 0.25) is 0 Å². The van der Waals surface area contributed by atoms with Gasteiger partial charge in [-0.15, -0.1) is 35.3 Å². The maximum absolute atomic E-state index is 11.8. The zero-order valence-corrected chi connectivity index (χ0v) is 16.4. The monoisotopic (exact) mass is 456 g/mol. The standard InChI is InChI=1S/C17H20N4OS.HI/c18-17(20-8-6-14-2-1-9-23-14)21-11-12-3-4-13-5-7-19-16(22)15(13)10-12;/h1-4,9-10H,5-8,11H2,(H,19,22)(H3,18,20,21);1H. The molecule has 4 N–H and O–H groups in total. The first-order valence-electron chi connectivity index (χ1n) is 7.68. The number of nitrogens with one attached hydrogen (secondary N) is 2. The summed E-state index contributed by atoms with van der Waals surface area (Å²) in [5.41, 5.74) is 8.74. The molecule has 3 rings (SSSR count). The summed E-state index contributed by atoms with van der Waals surface area (Å²) in [4.78, 5) is 17.5. The molecule has 0 unspecified atom stereocenters. The topological polar surface area (TPSA) is 79.5 Å². The molecule has 1 aromatic heterocycles. The molecular formula is C17H21IN4OS. The van der Waals surface area contributed by atoms with Crippen LogP contribution in [0, 0.1) is 0 Å². The molecule has 0 aliphatic carbocycles. The average molecular weight is 456 g/mol. The summed E-state index contributed by atoms with van der Waals surface area (Å²) in [6.07, 6.45) is 1.82. The first kappa shape index (κ1) is 18.7. The molecule has 1 amide bonds. The molecule has 0 saturated carbocycles. The van der Waals surface area contributed by atoms with Gasteiger partial charge in [-0.25, -0.2) is 4.99 Å². The maximum atomic E-state index is 11.8. The lowest BCUT2D eigenvalue weighted by molar-refractivity contribution is 0.0946. The summed E-state index contributed by atoms with van der Waals surface area (Å²) in [5.74, 6) is 0.433. The third-order valence-electron chi connectivity index (χ3n) is 3.79. The van der Waals surface area contributed by atoms with Crippen molar-refractivity contribution in [3.63, 3.8) is 0 Å². The molecule has 0 atom stereocenters. The fraction of sp³-hybridized carbons (Fsp3) is 0.294. The highest BCUT2D eigenvalue weighted by atomic mass is 127. The predicted octanol–water partition coefficient (Wildman–Crippen LogP) is 2.30. The van der Waals surface area contributed by atoms with Crippen LogP contribution in [0.2, 0.25) is 0 Å². The van der Waals surface area contributed by atoms with E-state index in [0.717, 1.165) is 36.1 Å². The van der Waals surface area contributed by atoms with Gasteiger partial charge >= 0.3 is 0 Å². The molecule has 0 bridgehead atoms. The normalized spacial score (nSPS) is 13.7. The zero-order chi connectivity index (χ0) is 16.1. The number of amides is 1. The Labute approximate surface area is 162 Å². The summed E-state index contributed by atoms with van der Waals surface area (Å²) >= 11 is 1.74. The summed E-state index contributed by atoms with van der Waals surface area (Å²) in [6, 6.07) is 10.1. The lowest BCUT2D eigenvalue weighted by atomic mass is 9.98. The quantitative estimate of drug-likeness (QED) is 0.367. The van der Waals surface area contributed by atoms with Crippen molar-refractivity contribution in [3.05, 3.63) is 57.3 Å². The number of rotatable bonds is 5. The fourth-order valence-corrected chi connectivity index (χ4v) is 3.27. The molecule has 0 radical (unpaired) electrons. The Bertz CT molecular complexity index is 715. The molecule has 0 spiro atoms. The molecule has 1 aromatic carbocycles. The first-order chi connectivity index (χ1) is 11.2. The van der Waals surface area contributed by atoms with Gasteiger partial charge in [-0.2, -0.15) is 0 Å². The number of thiophene rings is 1. The molecule has 5 nitrogen and oxygen atoms in total. The van der Waals surface area contributed by atoms with Crippen LogP contribution in [0.3, 0.4) is 0 Å². The second-order valence-corrected chi connectivity index (χ2v) is 6.49. The lowest BCUT2D eigenvalue weighted by Crippen LogP contribution is -2.33. The summed E-state index contributed by atoms with van der Waals surface area (Å²) in [7, 11) is 0. The Morgan fingerprint density at radius 3 is 3.04 bits per heavy atom. The van der Waals surface area contributed by atoms with Gasteiger partial charge in [0.15, 0.2) is 5.96 Å². The Balaban J connectivity index is 0.00000208. The molecule has 128 valence electrons. The van der Waals surface area contributed by atoms with Crippen molar-refractivity contribution in [2.24, 2.45) is 10.7 Å². The van der Waals surface area contributed by atoms with E-state index in [1.54, 1.807) is 11.3 Å². The van der Waals surface area contributed by atoms with E-state index < -0.39 is 0 Å². The van der Waals surface area contributed by atoms with E-state index in [1.807, 2.05) is 24.3 Å². The number of hydrogen-bond donors (Lipinski definition) is 3. The highest BCUT2D eigenvalue weighted by Crippen LogP contribution is 2.16. The van der Waals surface area contributed by atoms with Crippen molar-refractivity contribution < 1.29 is 4.79 Å². The fourth-order valence-electron chi connectivity index (χ4n) is 2.56. The summed E-state index contributed by atoms with van der Waals surface area (Å²) in [5, 5.41) is 8.05. The Morgan fingerprint density at radius 2 is 2.25 bits per heavy atom. The lowest BCUT2D eigenvalue weighted by Gasteiger charge is -2.16. The number of fused-ring (bicyclic) bond motifs is 1. The number of nitrogens with zero attached hydrogens (tertiary/aromatic N) is 1. The minimum Gasteiger partial charge on any atom is -0.370 e. The van der Waals surface area contributed by atoms with Gasteiger partial charge in [0.25, 0.3) is 5.91 Å². The van der Waals surface area contributed by atoms with E-state index in [1.165, 1.54) is 4.88 Å². The van der Waals surface area contributed by atoms with E-state index in [9.17, 15) is 4.79 Å². The number of nitrogens with two attached hydrogens (primary N) is 1. The first-order valence-corrected chi connectivity index (χ1v) is 8.56. The molecule has 24 heavy (non-hydrogen) atoms. The van der Waals surface area contributed by atoms with Crippen LogP contribution in [0.1, 0.15) is 26.4 Å². The average Bonchev–Trinajstić information content (AvgIpc) is 3.07. The van der Waals surface area contributed by atoms with Gasteiger partial charge < -0.3 is 16.4 Å². The molecule has 7 heteroatoms. The number of benzene rings is 1. The second-order valence-electron chi connectivity index (χ2n) is 5.46. The van der Waals surface area contributed by atoms with Gasteiger partial charge in [0.1, 0.15) is 0 Å². The van der Waals surface area contributed by atoms with Crippen molar-refractivity contribution in [1.29, 1.82) is 0 Å². The minimum absolute atomic E-state index is 0. The summed E-state index contributed by atoms with van der Waals surface area (Å²) in [6.45, 7) is 1.95. The minimum atomic E-state index is -0.000811. The van der Waals surface area contributed by atoms with Gasteiger partial charge in [0, 0.05) is 23.5 Å². The summed E-state index contributed by atoms with van der Waals surface area (Å²) < 4.78 is 0. The van der Waals surface area contributed by atoms with Crippen LogP contribution in [0.15, 0.2) is 40.7 Å². The van der Waals surface area contributed by atoms with Gasteiger partial charge in [-0.3, -0.25) is 4.79 Å². The van der Waals surface area contributed by atoms with Crippen LogP contribution < -0.4 is 16.4 Å². The Kier molecular flexibility index (Phi) is 7.04. The van der Waals surface area contributed by atoms with Crippen molar-refractivity contribution in [2.45, 2.75) is 19.4 Å². The molecule has 2 heterocycles. The highest BCUT2D eigenvalue weighted by molar-refractivity contribution is 14.0. The van der Waals surface area contributed by atoms with Crippen molar-refractivity contribution in [3.8, 4) is 0 Å². The van der Waals surface area contributed by atoms with Crippen molar-refractivity contribution in [2.75, 3.05) is 13.1 Å². The van der Waals surface area contributed by atoms with Crippen LogP contribution >= 0.6 is 35.3 Å². The van der Waals surface area contributed by atoms with Crippen molar-refractivity contribution >= 4 is 47.2 Å². The number of carbonyl (C=O) groups is 1. The van der Waals surface area contributed by atoms with E-state index in [0.29, 0.717) is 19.0 Å². The maximum Gasteiger partial charge on any atom is 0.251 e. The Morgan fingerprint density at radius 1 is 1.38 bits per heavy atom. The number of hydrogen-bond acceptors (Lipinski definition) is 3. The van der Waals surface area contributed by atoms with E-state index in [4.69, 9.17) is 5.73 Å². The van der Waals surface area contributed by atoms with E-state index in [-0.39, 0.29) is 29.9 Å².